The van der Waals surface area contributed by atoms with Crippen LogP contribution >= 0.6 is 0 Å². The van der Waals surface area contributed by atoms with E-state index in [-0.39, 0.29) is 0 Å². The third kappa shape index (κ3) is 2.55. The molecular weight excluding hydrogens is 412 g/mol. The van der Waals surface area contributed by atoms with Crippen molar-refractivity contribution in [1.82, 2.24) is 0 Å². The number of hydrogen-bond donors (Lipinski definition) is 0. The molecule has 0 atom stereocenters. The summed E-state index contributed by atoms with van der Waals surface area (Å²) in [5, 5.41) is 10.1. The maximum Gasteiger partial charge on any atom is 0.143 e. The largest absolute Gasteiger partial charge is 0.455 e. The van der Waals surface area contributed by atoms with Crippen molar-refractivity contribution in [3.05, 3.63) is 109 Å². The molecule has 34 heavy (non-hydrogen) atoms. The lowest BCUT2D eigenvalue weighted by atomic mass is 9.89. The zero-order valence-corrected chi connectivity index (χ0v) is 18.9. The summed E-state index contributed by atoms with van der Waals surface area (Å²) in [5.41, 5.74) is 6.40. The second-order valence-corrected chi connectivity index (χ2v) is 8.93. The summed E-state index contributed by atoms with van der Waals surface area (Å²) in [4.78, 5) is 0. The number of benzene rings is 6. The summed E-state index contributed by atoms with van der Waals surface area (Å²) in [7, 11) is 0. The Hall–Kier alpha value is -4.36. The molecule has 0 amide bonds. The van der Waals surface area contributed by atoms with E-state index in [1.165, 1.54) is 43.4 Å². The molecule has 0 aliphatic heterocycles. The van der Waals surface area contributed by atoms with Crippen LogP contribution in [0.3, 0.4) is 0 Å². The van der Waals surface area contributed by atoms with Crippen LogP contribution in [0.5, 0.6) is 0 Å². The van der Waals surface area contributed by atoms with Crippen molar-refractivity contribution in [1.29, 1.82) is 0 Å². The molecule has 1 nitrogen and oxygen atoms in total. The highest BCUT2D eigenvalue weighted by Crippen LogP contribution is 2.41. The first-order chi connectivity index (χ1) is 16.8. The number of fused-ring (bicyclic) bond motifs is 3. The average Bonchev–Trinajstić information content (AvgIpc) is 3.25. The number of allylic oxidation sites excluding steroid dienone is 1. The van der Waals surface area contributed by atoms with Gasteiger partial charge in [-0.2, -0.15) is 0 Å². The molecular formula is C33H22O. The van der Waals surface area contributed by atoms with Crippen molar-refractivity contribution in [2.75, 3.05) is 0 Å². The first-order valence-corrected chi connectivity index (χ1v) is 11.7. The molecule has 0 spiro atoms. The Balaban J connectivity index is 1.52. The molecule has 1 aromatic heterocycles. The van der Waals surface area contributed by atoms with Crippen LogP contribution in [0.4, 0.5) is 0 Å². The van der Waals surface area contributed by atoms with Crippen LogP contribution in [0, 0.1) is 0 Å². The van der Waals surface area contributed by atoms with Crippen molar-refractivity contribution >= 4 is 66.4 Å². The van der Waals surface area contributed by atoms with Crippen LogP contribution in [-0.4, -0.2) is 0 Å². The molecule has 6 aromatic carbocycles. The average molecular weight is 435 g/mol. The zero-order valence-electron chi connectivity index (χ0n) is 18.9. The van der Waals surface area contributed by atoms with Gasteiger partial charge in [-0.3, -0.25) is 0 Å². The Morgan fingerprint density at radius 2 is 1.44 bits per heavy atom. The van der Waals surface area contributed by atoms with E-state index in [2.05, 4.69) is 97.6 Å². The Bertz CT molecular complexity index is 1910. The summed E-state index contributed by atoms with van der Waals surface area (Å²) in [6.45, 7) is 6.07. The van der Waals surface area contributed by atoms with Gasteiger partial charge in [-0.05, 0) is 74.1 Å². The smallest absolute Gasteiger partial charge is 0.143 e. The SMILES string of the molecule is C=Cc1c(/C=C\C)ccc2c1oc1ccc(-c3ccc4ccc5cccc6ccc3c4c56)cc12. The van der Waals surface area contributed by atoms with Gasteiger partial charge in [0.25, 0.3) is 0 Å². The second-order valence-electron chi connectivity index (χ2n) is 8.93. The maximum atomic E-state index is 6.33. The zero-order chi connectivity index (χ0) is 22.8. The Kier molecular flexibility index (Phi) is 3.98. The molecule has 0 saturated heterocycles. The highest BCUT2D eigenvalue weighted by molar-refractivity contribution is 6.25. The monoisotopic (exact) mass is 434 g/mol. The first kappa shape index (κ1) is 19.1. The van der Waals surface area contributed by atoms with Crippen molar-refractivity contribution in [2.45, 2.75) is 6.92 Å². The quantitative estimate of drug-likeness (QED) is 0.252. The molecule has 7 rings (SSSR count). The van der Waals surface area contributed by atoms with Crippen molar-refractivity contribution in [2.24, 2.45) is 0 Å². The molecule has 1 heterocycles. The normalized spacial score (nSPS) is 12.3. The maximum absolute atomic E-state index is 6.33. The molecule has 7 aromatic rings. The van der Waals surface area contributed by atoms with E-state index in [9.17, 15) is 0 Å². The van der Waals surface area contributed by atoms with Gasteiger partial charge in [0.1, 0.15) is 11.2 Å². The van der Waals surface area contributed by atoms with Gasteiger partial charge < -0.3 is 4.42 Å². The van der Waals surface area contributed by atoms with Gasteiger partial charge in [0.2, 0.25) is 0 Å². The molecule has 0 N–H and O–H groups in total. The molecule has 0 unspecified atom stereocenters. The van der Waals surface area contributed by atoms with Gasteiger partial charge in [0.15, 0.2) is 0 Å². The molecule has 0 fully saturated rings. The van der Waals surface area contributed by atoms with Crippen LogP contribution in [-0.2, 0) is 0 Å². The predicted molar refractivity (Wildman–Crippen MR) is 148 cm³/mol. The minimum Gasteiger partial charge on any atom is -0.455 e. The minimum absolute atomic E-state index is 0.896. The fourth-order valence-corrected chi connectivity index (χ4v) is 5.57. The topological polar surface area (TPSA) is 13.1 Å². The van der Waals surface area contributed by atoms with Gasteiger partial charge in [0.05, 0.1) is 0 Å². The molecule has 0 bridgehead atoms. The Morgan fingerprint density at radius 1 is 0.706 bits per heavy atom. The van der Waals surface area contributed by atoms with Gasteiger partial charge in [-0.15, -0.1) is 0 Å². The highest BCUT2D eigenvalue weighted by atomic mass is 16.3. The van der Waals surface area contributed by atoms with E-state index in [0.29, 0.717) is 0 Å². The fraction of sp³-hybridized carbons (Fsp3) is 0.0303. The van der Waals surface area contributed by atoms with Gasteiger partial charge in [0, 0.05) is 16.3 Å². The first-order valence-electron chi connectivity index (χ1n) is 11.7. The van der Waals surface area contributed by atoms with E-state index in [4.69, 9.17) is 4.42 Å². The van der Waals surface area contributed by atoms with Crippen LogP contribution < -0.4 is 0 Å². The van der Waals surface area contributed by atoms with E-state index < -0.39 is 0 Å². The number of furan rings is 1. The fourth-order valence-electron chi connectivity index (χ4n) is 5.57. The van der Waals surface area contributed by atoms with Gasteiger partial charge in [-0.25, -0.2) is 0 Å². The lowest BCUT2D eigenvalue weighted by Gasteiger charge is -2.14. The Morgan fingerprint density at radius 3 is 2.24 bits per heavy atom. The standard InChI is InChI=1S/C33H22O/c1-3-6-20-11-17-28-29-19-24(14-18-30(29)34-33(28)25(20)4-2)26-15-12-23-10-9-21-7-5-8-22-13-16-27(26)32(23)31(21)22/h3-19H,2H2,1H3/b6-3-. The van der Waals surface area contributed by atoms with Gasteiger partial charge in [-0.1, -0.05) is 91.5 Å². The third-order valence-corrected chi connectivity index (χ3v) is 7.10. The Labute approximate surface area is 197 Å². The lowest BCUT2D eigenvalue weighted by Crippen LogP contribution is -1.87. The van der Waals surface area contributed by atoms with E-state index in [1.54, 1.807) is 0 Å². The van der Waals surface area contributed by atoms with Crippen LogP contribution in [0.1, 0.15) is 18.1 Å². The van der Waals surface area contributed by atoms with Gasteiger partial charge >= 0.3 is 0 Å². The summed E-state index contributed by atoms with van der Waals surface area (Å²) in [6.07, 6.45) is 6.03. The highest BCUT2D eigenvalue weighted by Gasteiger charge is 2.15. The molecule has 160 valence electrons. The number of hydrogen-bond acceptors (Lipinski definition) is 1. The molecule has 0 saturated carbocycles. The second kappa shape index (κ2) is 7.07. The third-order valence-electron chi connectivity index (χ3n) is 7.10. The summed E-state index contributed by atoms with van der Waals surface area (Å²) < 4.78 is 6.33. The summed E-state index contributed by atoms with van der Waals surface area (Å²) in [6, 6.07) is 30.9. The minimum atomic E-state index is 0.896. The van der Waals surface area contributed by atoms with E-state index in [0.717, 1.165) is 33.1 Å². The van der Waals surface area contributed by atoms with Crippen molar-refractivity contribution in [3.8, 4) is 11.1 Å². The molecule has 0 radical (unpaired) electrons. The van der Waals surface area contributed by atoms with E-state index in [1.807, 2.05) is 19.1 Å². The molecule has 1 heteroatoms. The van der Waals surface area contributed by atoms with Crippen molar-refractivity contribution in [3.63, 3.8) is 0 Å². The van der Waals surface area contributed by atoms with Crippen molar-refractivity contribution < 1.29 is 4.42 Å². The summed E-state index contributed by atoms with van der Waals surface area (Å²) in [5.74, 6) is 0. The molecule has 0 aliphatic carbocycles. The van der Waals surface area contributed by atoms with E-state index >= 15 is 0 Å². The predicted octanol–water partition coefficient (Wildman–Crippen LogP) is 9.83. The van der Waals surface area contributed by atoms with Crippen LogP contribution in [0.15, 0.2) is 102 Å². The number of rotatable bonds is 3. The van der Waals surface area contributed by atoms with Crippen LogP contribution in [0.2, 0.25) is 0 Å². The van der Waals surface area contributed by atoms with Crippen LogP contribution in [0.25, 0.3) is 77.5 Å². The lowest BCUT2D eigenvalue weighted by molar-refractivity contribution is 0.668. The molecule has 0 aliphatic rings. The summed E-state index contributed by atoms with van der Waals surface area (Å²) >= 11 is 0.